The van der Waals surface area contributed by atoms with Gasteiger partial charge in [0.1, 0.15) is 18.1 Å². The third-order valence-corrected chi connectivity index (χ3v) is 10.1. The topological polar surface area (TPSA) is 130 Å². The lowest BCUT2D eigenvalue weighted by molar-refractivity contribution is -0.295. The van der Waals surface area contributed by atoms with E-state index in [9.17, 15) is 19.5 Å². The van der Waals surface area contributed by atoms with E-state index in [4.69, 9.17) is 18.9 Å². The second kappa shape index (κ2) is 16.0. The third kappa shape index (κ3) is 9.46. The molecule has 0 aromatic heterocycles. The number of amides is 1. The summed E-state index contributed by atoms with van der Waals surface area (Å²) in [4.78, 5) is 45.9. The molecule has 0 aromatic rings. The summed E-state index contributed by atoms with van der Waals surface area (Å²) in [6.45, 7) is 14.5. The molecule has 0 saturated carbocycles. The Morgan fingerprint density at radius 3 is 2.44 bits per heavy atom. The largest absolute Gasteiger partial charge is 0.463 e. The molecule has 0 unspecified atom stereocenters. The molecule has 0 aromatic carbocycles. The zero-order valence-electron chi connectivity index (χ0n) is 29.3. The predicted molar refractivity (Wildman–Crippen MR) is 171 cm³/mol. The lowest BCUT2D eigenvalue weighted by Crippen LogP contribution is -2.59. The average molecular weight is 641 g/mol. The molecule has 9 atom stereocenters. The molecule has 12 heteroatoms. The summed E-state index contributed by atoms with van der Waals surface area (Å²) in [6.07, 6.45) is -0.0726. The first-order chi connectivity index (χ1) is 21.0. The number of aliphatic hydroxyl groups is 1. The summed E-state index contributed by atoms with van der Waals surface area (Å²) in [5.41, 5.74) is -2.38. The fraction of sp³-hybridized carbons (Fsp3) is 0.909. The van der Waals surface area contributed by atoms with Crippen molar-refractivity contribution in [1.29, 1.82) is 0 Å². The minimum absolute atomic E-state index is 0.0457. The van der Waals surface area contributed by atoms with Gasteiger partial charge in [-0.1, -0.05) is 13.8 Å². The Balaban J connectivity index is 1.88. The molecule has 2 N–H and O–H groups in total. The highest BCUT2D eigenvalue weighted by Crippen LogP contribution is 2.38. The maximum Gasteiger partial charge on any atom is 0.319 e. The molecule has 1 amide bonds. The summed E-state index contributed by atoms with van der Waals surface area (Å²) in [7, 11) is 7.49. The van der Waals surface area contributed by atoms with Crippen molar-refractivity contribution in [2.45, 2.75) is 110 Å². The summed E-state index contributed by atoms with van der Waals surface area (Å²) in [5.74, 6) is -1.50. The molecule has 0 bridgehead atoms. The second-order valence-electron chi connectivity index (χ2n) is 14.7. The molecular formula is C33H60N4O8. The summed E-state index contributed by atoms with van der Waals surface area (Å²) in [5, 5.41) is 14.2. The smallest absolute Gasteiger partial charge is 0.319 e. The Bertz CT molecular complexity index is 1010. The molecule has 12 nitrogen and oxygen atoms in total. The highest BCUT2D eigenvalue weighted by atomic mass is 16.7. The number of nitrogens with zero attached hydrogens (tertiary/aromatic N) is 3. The second-order valence-corrected chi connectivity index (χ2v) is 14.7. The van der Waals surface area contributed by atoms with Crippen molar-refractivity contribution in [2.75, 3.05) is 67.6 Å². The molecule has 3 aliphatic heterocycles. The van der Waals surface area contributed by atoms with E-state index in [-0.39, 0.29) is 42.4 Å². The van der Waals surface area contributed by atoms with Crippen LogP contribution in [0.4, 0.5) is 0 Å². The maximum absolute atomic E-state index is 14.2. The number of carbonyl (C=O) groups is 3. The van der Waals surface area contributed by atoms with Gasteiger partial charge in [0.15, 0.2) is 12.1 Å². The minimum atomic E-state index is -1.44. The van der Waals surface area contributed by atoms with Gasteiger partial charge in [-0.2, -0.15) is 0 Å². The van der Waals surface area contributed by atoms with Gasteiger partial charge in [0.25, 0.3) is 0 Å². The van der Waals surface area contributed by atoms with Gasteiger partial charge in [-0.05, 0) is 87.0 Å². The zero-order valence-corrected chi connectivity index (χ0v) is 29.3. The minimum Gasteiger partial charge on any atom is -0.463 e. The number of ketones is 1. The van der Waals surface area contributed by atoms with Crippen LogP contribution in [0.2, 0.25) is 0 Å². The fourth-order valence-electron chi connectivity index (χ4n) is 7.33. The van der Waals surface area contributed by atoms with Crippen LogP contribution < -0.4 is 5.32 Å². The lowest BCUT2D eigenvalue weighted by atomic mass is 9.74. The Morgan fingerprint density at radius 1 is 1.13 bits per heavy atom. The van der Waals surface area contributed by atoms with Crippen LogP contribution in [0.15, 0.2) is 0 Å². The number of nitrogens with one attached hydrogen (secondary N) is 1. The molecule has 3 aliphatic rings. The van der Waals surface area contributed by atoms with Crippen LogP contribution in [0.5, 0.6) is 0 Å². The van der Waals surface area contributed by atoms with E-state index in [1.165, 1.54) is 0 Å². The first-order valence-corrected chi connectivity index (χ1v) is 16.6. The average Bonchev–Trinajstić information content (AvgIpc) is 2.97. The number of hydrogen-bond acceptors (Lipinski definition) is 11. The van der Waals surface area contributed by atoms with Crippen LogP contribution >= 0.6 is 0 Å². The molecule has 3 heterocycles. The van der Waals surface area contributed by atoms with E-state index >= 15 is 0 Å². The van der Waals surface area contributed by atoms with Crippen LogP contribution in [0, 0.1) is 17.3 Å². The third-order valence-electron chi connectivity index (χ3n) is 10.1. The number of hydrogen-bond donors (Lipinski definition) is 2. The van der Waals surface area contributed by atoms with Crippen LogP contribution in [0.25, 0.3) is 0 Å². The quantitative estimate of drug-likeness (QED) is 0.296. The number of Topliss-reactive ketones (excluding diaryl/α,β-unsaturated/α-hetero) is 1. The molecule has 0 spiro atoms. The van der Waals surface area contributed by atoms with Gasteiger partial charge < -0.3 is 34.3 Å². The number of aliphatic hydroxyl groups excluding tert-OH is 1. The Hall–Kier alpha value is -1.67. The number of ether oxygens (including phenoxy) is 4. The van der Waals surface area contributed by atoms with E-state index in [0.717, 1.165) is 25.9 Å². The molecule has 3 saturated heterocycles. The van der Waals surface area contributed by atoms with Crippen LogP contribution in [0.1, 0.15) is 67.2 Å². The van der Waals surface area contributed by atoms with Crippen molar-refractivity contribution < 1.29 is 38.4 Å². The van der Waals surface area contributed by atoms with Gasteiger partial charge in [0, 0.05) is 44.7 Å². The van der Waals surface area contributed by atoms with Crippen molar-refractivity contribution in [1.82, 2.24) is 20.0 Å². The number of piperazine rings is 1. The van der Waals surface area contributed by atoms with Crippen LogP contribution in [-0.4, -0.2) is 147 Å². The lowest BCUT2D eigenvalue weighted by Gasteiger charge is -2.47. The zero-order chi connectivity index (χ0) is 33.7. The Morgan fingerprint density at radius 2 is 1.82 bits per heavy atom. The Labute approximate surface area is 270 Å². The molecule has 0 radical (unpaired) electrons. The number of rotatable bonds is 8. The standard InChI is InChI=1S/C33H60N4O8/c1-21-17-33(6,42-10)29(45-30-27(39)25(35(7)8)16-22(2)44-30)23(3)28(40)32(4,5)31(41)43-20-24(36(9)18-21)12-11-14-37-15-13-34-26(38)19-37/h21-25,27,29-30,39H,11-20H2,1-10H3,(H,34,38)/t21-,22-,23+,24+,25+,27-,29-,30+,33-/m1/s1. The fourth-order valence-corrected chi connectivity index (χ4v) is 7.33. The normalized spacial score (nSPS) is 38.2. The SMILES string of the molecule is CO[C@]1(C)C[C@@H](C)CN(C)[C@@H](CCCN2CCNC(=O)C2)COC(=O)C(C)(C)C(=O)[C@H](C)[C@H]1O[C@@H]1O[C@H](C)C[C@H](N(C)C)[C@H]1O. The number of esters is 1. The van der Waals surface area contributed by atoms with Gasteiger partial charge in [-0.3, -0.25) is 24.2 Å². The van der Waals surface area contributed by atoms with Gasteiger partial charge in [0.05, 0.1) is 24.4 Å². The van der Waals surface area contributed by atoms with Gasteiger partial charge >= 0.3 is 5.97 Å². The molecule has 3 rings (SSSR count). The van der Waals surface area contributed by atoms with Crippen molar-refractivity contribution >= 4 is 17.7 Å². The first-order valence-electron chi connectivity index (χ1n) is 16.6. The molecular weight excluding hydrogens is 580 g/mol. The van der Waals surface area contributed by atoms with E-state index < -0.39 is 41.4 Å². The van der Waals surface area contributed by atoms with E-state index in [0.29, 0.717) is 32.5 Å². The van der Waals surface area contributed by atoms with Gasteiger partial charge in [0.2, 0.25) is 5.91 Å². The summed E-state index contributed by atoms with van der Waals surface area (Å²) in [6, 6.07) is -0.244. The number of cyclic esters (lactones) is 1. The maximum atomic E-state index is 14.2. The van der Waals surface area contributed by atoms with Crippen LogP contribution in [-0.2, 0) is 33.3 Å². The number of carbonyl (C=O) groups excluding carboxylic acids is 3. The molecule has 260 valence electrons. The summed E-state index contributed by atoms with van der Waals surface area (Å²) < 4.78 is 24.8. The molecule has 0 aliphatic carbocycles. The van der Waals surface area contributed by atoms with Crippen molar-refractivity contribution in [3.8, 4) is 0 Å². The van der Waals surface area contributed by atoms with E-state index in [1.807, 2.05) is 39.9 Å². The van der Waals surface area contributed by atoms with Crippen LogP contribution in [0.3, 0.4) is 0 Å². The first kappa shape index (κ1) is 37.8. The Kier molecular flexibility index (Phi) is 13.4. The van der Waals surface area contributed by atoms with Gasteiger partial charge in [-0.25, -0.2) is 0 Å². The van der Waals surface area contributed by atoms with Crippen molar-refractivity contribution in [3.05, 3.63) is 0 Å². The molecule has 3 fully saturated rings. The highest BCUT2D eigenvalue weighted by Gasteiger charge is 2.51. The van der Waals surface area contributed by atoms with E-state index in [1.54, 1.807) is 27.9 Å². The van der Waals surface area contributed by atoms with E-state index in [2.05, 4.69) is 22.0 Å². The van der Waals surface area contributed by atoms with Crippen molar-refractivity contribution in [3.63, 3.8) is 0 Å². The molecule has 45 heavy (non-hydrogen) atoms. The number of methoxy groups -OCH3 is 1. The monoisotopic (exact) mass is 640 g/mol. The van der Waals surface area contributed by atoms with Crippen molar-refractivity contribution in [2.24, 2.45) is 17.3 Å². The predicted octanol–water partition coefficient (Wildman–Crippen LogP) is 1.53. The van der Waals surface area contributed by atoms with Gasteiger partial charge in [-0.15, -0.1) is 0 Å². The number of likely N-dealkylation sites (N-methyl/N-ethyl adjacent to an activating group) is 2. The summed E-state index contributed by atoms with van der Waals surface area (Å²) >= 11 is 0. The highest BCUT2D eigenvalue weighted by molar-refractivity contribution is 6.04.